The minimum Gasteiger partial charge on any atom is -0.383 e. The second kappa shape index (κ2) is 4.52. The van der Waals surface area contributed by atoms with E-state index >= 15 is 0 Å². The van der Waals surface area contributed by atoms with Crippen molar-refractivity contribution in [2.24, 2.45) is 0 Å². The summed E-state index contributed by atoms with van der Waals surface area (Å²) < 4.78 is 5.56. The second-order valence-electron chi connectivity index (χ2n) is 4.02. The Morgan fingerprint density at radius 2 is 2.31 bits per heavy atom. The van der Waals surface area contributed by atoms with Gasteiger partial charge in [-0.05, 0) is 12.8 Å². The van der Waals surface area contributed by atoms with E-state index in [0.29, 0.717) is 5.82 Å². The Hall–Kier alpha value is -1.56. The summed E-state index contributed by atoms with van der Waals surface area (Å²) in [5.41, 5.74) is 11.2. The first-order valence-corrected chi connectivity index (χ1v) is 5.38. The molecular formula is C10H17N5O. The molecule has 1 aromatic rings. The van der Waals surface area contributed by atoms with Gasteiger partial charge < -0.3 is 21.1 Å². The number of anilines is 3. The van der Waals surface area contributed by atoms with Crippen molar-refractivity contribution in [3.05, 3.63) is 6.07 Å². The quantitative estimate of drug-likeness (QED) is 0.763. The molecule has 1 aromatic heterocycles. The first-order chi connectivity index (χ1) is 7.65. The number of hydrogen-bond acceptors (Lipinski definition) is 6. The summed E-state index contributed by atoms with van der Waals surface area (Å²) in [4.78, 5) is 9.96. The Labute approximate surface area is 94.6 Å². The average Bonchev–Trinajstić information content (AvgIpc) is 2.68. The highest BCUT2D eigenvalue weighted by Gasteiger charge is 2.18. The molecule has 1 saturated heterocycles. The van der Waals surface area contributed by atoms with Gasteiger partial charge in [0.1, 0.15) is 11.6 Å². The van der Waals surface area contributed by atoms with Gasteiger partial charge in [-0.2, -0.15) is 9.97 Å². The van der Waals surface area contributed by atoms with E-state index in [-0.39, 0.29) is 12.1 Å². The van der Waals surface area contributed by atoms with E-state index in [1.165, 1.54) is 0 Å². The number of nitrogens with two attached hydrogens (primary N) is 2. The Morgan fingerprint density at radius 1 is 1.50 bits per heavy atom. The minimum atomic E-state index is 0.203. The predicted molar refractivity (Wildman–Crippen MR) is 63.1 cm³/mol. The van der Waals surface area contributed by atoms with Gasteiger partial charge in [-0.3, -0.25) is 0 Å². The first kappa shape index (κ1) is 10.9. The lowest BCUT2D eigenvalue weighted by Gasteiger charge is -2.21. The number of hydrogen-bond donors (Lipinski definition) is 2. The molecule has 1 atom stereocenters. The molecule has 1 unspecified atom stereocenters. The highest BCUT2D eigenvalue weighted by Crippen LogP contribution is 2.18. The molecule has 6 heteroatoms. The summed E-state index contributed by atoms with van der Waals surface area (Å²) in [6.45, 7) is 1.66. The third-order valence-corrected chi connectivity index (χ3v) is 2.64. The summed E-state index contributed by atoms with van der Waals surface area (Å²) in [6.07, 6.45) is 2.51. The van der Waals surface area contributed by atoms with Gasteiger partial charge in [-0.1, -0.05) is 0 Å². The molecule has 2 heterocycles. The molecular weight excluding hydrogens is 206 g/mol. The summed E-state index contributed by atoms with van der Waals surface area (Å²) in [5.74, 6) is 1.33. The normalized spacial score (nSPS) is 19.9. The van der Waals surface area contributed by atoms with E-state index in [1.807, 2.05) is 11.9 Å². The van der Waals surface area contributed by atoms with Crippen molar-refractivity contribution < 1.29 is 4.74 Å². The molecule has 0 aliphatic carbocycles. The molecule has 0 amide bonds. The van der Waals surface area contributed by atoms with E-state index in [4.69, 9.17) is 16.2 Å². The third-order valence-electron chi connectivity index (χ3n) is 2.64. The number of rotatable bonds is 3. The lowest BCUT2D eigenvalue weighted by atomic mass is 10.2. The number of nitrogens with zero attached hydrogens (tertiary/aromatic N) is 3. The van der Waals surface area contributed by atoms with E-state index in [9.17, 15) is 0 Å². The maximum absolute atomic E-state index is 5.62. The molecule has 4 N–H and O–H groups in total. The van der Waals surface area contributed by atoms with Gasteiger partial charge in [0.25, 0.3) is 0 Å². The number of ether oxygens (including phenoxy) is 1. The molecule has 0 spiro atoms. The molecule has 1 fully saturated rings. The van der Waals surface area contributed by atoms with Crippen LogP contribution in [0.1, 0.15) is 12.8 Å². The van der Waals surface area contributed by atoms with Gasteiger partial charge >= 0.3 is 0 Å². The van der Waals surface area contributed by atoms with E-state index in [1.54, 1.807) is 6.07 Å². The molecule has 2 rings (SSSR count). The first-order valence-electron chi connectivity index (χ1n) is 5.38. The fourth-order valence-electron chi connectivity index (χ4n) is 1.85. The van der Waals surface area contributed by atoms with Crippen LogP contribution in [-0.2, 0) is 4.74 Å². The molecule has 0 radical (unpaired) electrons. The predicted octanol–water partition coefficient (Wildman–Crippen LogP) is 0.256. The van der Waals surface area contributed by atoms with Gasteiger partial charge in [0.05, 0.1) is 6.10 Å². The van der Waals surface area contributed by atoms with Crippen molar-refractivity contribution in [2.45, 2.75) is 18.9 Å². The zero-order valence-electron chi connectivity index (χ0n) is 9.39. The van der Waals surface area contributed by atoms with Gasteiger partial charge in [0.15, 0.2) is 0 Å². The molecule has 0 saturated carbocycles. The van der Waals surface area contributed by atoms with Crippen LogP contribution in [0.2, 0.25) is 0 Å². The Kier molecular flexibility index (Phi) is 3.09. The van der Waals surface area contributed by atoms with Gasteiger partial charge in [-0.15, -0.1) is 0 Å². The van der Waals surface area contributed by atoms with E-state index in [2.05, 4.69) is 9.97 Å². The SMILES string of the molecule is CN(CC1CCCO1)c1cc(N)nc(N)n1. The molecule has 1 aliphatic rings. The van der Waals surface area contributed by atoms with Crippen LogP contribution in [-0.4, -0.2) is 36.3 Å². The van der Waals surface area contributed by atoms with Crippen LogP contribution in [0.5, 0.6) is 0 Å². The summed E-state index contributed by atoms with van der Waals surface area (Å²) in [7, 11) is 1.95. The summed E-state index contributed by atoms with van der Waals surface area (Å²) in [5, 5.41) is 0. The van der Waals surface area contributed by atoms with Crippen LogP contribution in [0, 0.1) is 0 Å². The largest absolute Gasteiger partial charge is 0.383 e. The van der Waals surface area contributed by atoms with Gasteiger partial charge in [0, 0.05) is 26.3 Å². The van der Waals surface area contributed by atoms with Crippen LogP contribution >= 0.6 is 0 Å². The zero-order valence-corrected chi connectivity index (χ0v) is 9.39. The van der Waals surface area contributed by atoms with Gasteiger partial charge in [-0.25, -0.2) is 0 Å². The smallest absolute Gasteiger partial charge is 0.223 e. The van der Waals surface area contributed by atoms with Crippen LogP contribution in [0.15, 0.2) is 6.07 Å². The topological polar surface area (TPSA) is 90.3 Å². The van der Waals surface area contributed by atoms with Crippen molar-refractivity contribution in [3.8, 4) is 0 Å². The molecule has 88 valence electrons. The fourth-order valence-corrected chi connectivity index (χ4v) is 1.85. The van der Waals surface area contributed by atoms with Crippen LogP contribution < -0.4 is 16.4 Å². The molecule has 16 heavy (non-hydrogen) atoms. The molecule has 0 bridgehead atoms. The zero-order chi connectivity index (χ0) is 11.5. The van der Waals surface area contributed by atoms with Crippen LogP contribution in [0.4, 0.5) is 17.6 Å². The number of nitrogen functional groups attached to an aromatic ring is 2. The van der Waals surface area contributed by atoms with Crippen molar-refractivity contribution >= 4 is 17.6 Å². The van der Waals surface area contributed by atoms with E-state index < -0.39 is 0 Å². The highest BCUT2D eigenvalue weighted by atomic mass is 16.5. The Balaban J connectivity index is 2.04. The lowest BCUT2D eigenvalue weighted by Crippen LogP contribution is -2.29. The minimum absolute atomic E-state index is 0.203. The lowest BCUT2D eigenvalue weighted by molar-refractivity contribution is 0.116. The molecule has 0 aromatic carbocycles. The fraction of sp³-hybridized carbons (Fsp3) is 0.600. The molecule has 1 aliphatic heterocycles. The van der Waals surface area contributed by atoms with Crippen molar-refractivity contribution in [2.75, 3.05) is 36.6 Å². The summed E-state index contributed by atoms with van der Waals surface area (Å²) in [6, 6.07) is 1.71. The second-order valence-corrected chi connectivity index (χ2v) is 4.02. The van der Waals surface area contributed by atoms with E-state index in [0.717, 1.165) is 31.8 Å². The monoisotopic (exact) mass is 223 g/mol. The Bertz CT molecular complexity index is 344. The number of aromatic nitrogens is 2. The Morgan fingerprint density at radius 3 is 2.94 bits per heavy atom. The maximum Gasteiger partial charge on any atom is 0.223 e. The number of likely N-dealkylation sites (N-methyl/N-ethyl adjacent to an activating group) is 1. The summed E-state index contributed by atoms with van der Waals surface area (Å²) >= 11 is 0. The highest BCUT2D eigenvalue weighted by molar-refractivity contribution is 5.49. The van der Waals surface area contributed by atoms with Crippen molar-refractivity contribution in [3.63, 3.8) is 0 Å². The maximum atomic E-state index is 5.62. The standard InChI is InChI=1S/C10H17N5O/c1-15(6-7-3-2-4-16-7)9-5-8(11)13-10(12)14-9/h5,7H,2-4,6H2,1H3,(H4,11,12,13,14). The van der Waals surface area contributed by atoms with Crippen molar-refractivity contribution in [1.82, 2.24) is 9.97 Å². The average molecular weight is 223 g/mol. The van der Waals surface area contributed by atoms with Crippen molar-refractivity contribution in [1.29, 1.82) is 0 Å². The third kappa shape index (κ3) is 2.52. The molecule has 6 nitrogen and oxygen atoms in total. The van der Waals surface area contributed by atoms with Gasteiger partial charge in [0.2, 0.25) is 5.95 Å². The van der Waals surface area contributed by atoms with Crippen LogP contribution in [0.25, 0.3) is 0 Å². The van der Waals surface area contributed by atoms with Crippen LogP contribution in [0.3, 0.4) is 0 Å².